The van der Waals surface area contributed by atoms with E-state index < -0.39 is 0 Å². The normalized spacial score (nSPS) is 29.8. The molecule has 0 saturated carbocycles. The summed E-state index contributed by atoms with van der Waals surface area (Å²) in [5.41, 5.74) is 0. The van der Waals surface area contributed by atoms with E-state index in [1.807, 2.05) is 0 Å². The third-order valence-corrected chi connectivity index (χ3v) is 2.60. The van der Waals surface area contributed by atoms with Crippen molar-refractivity contribution in [2.75, 3.05) is 13.1 Å². The van der Waals surface area contributed by atoms with Crippen LogP contribution in [0, 0.1) is 11.8 Å². The van der Waals surface area contributed by atoms with Crippen molar-refractivity contribution in [3.05, 3.63) is 12.3 Å². The summed E-state index contributed by atoms with van der Waals surface area (Å²) in [6.45, 7) is 12.5. The number of hydrogen-bond acceptors (Lipinski definition) is 2. The maximum Gasteiger partial charge on any atom is 0.102 e. The summed E-state index contributed by atoms with van der Waals surface area (Å²) in [6.07, 6.45) is 1.06. The minimum atomic E-state index is 0.206. The van der Waals surface area contributed by atoms with Gasteiger partial charge in [-0.25, -0.2) is 0 Å². The first-order valence-corrected chi connectivity index (χ1v) is 5.12. The lowest BCUT2D eigenvalue weighted by atomic mass is 10.1. The van der Waals surface area contributed by atoms with E-state index in [1.54, 1.807) is 0 Å². The summed E-state index contributed by atoms with van der Waals surface area (Å²) in [4.78, 5) is 2.34. The van der Waals surface area contributed by atoms with Crippen LogP contribution in [0.1, 0.15) is 27.2 Å². The molecule has 1 saturated heterocycles. The van der Waals surface area contributed by atoms with Crippen molar-refractivity contribution in [3.8, 4) is 0 Å². The van der Waals surface area contributed by atoms with Gasteiger partial charge < -0.3 is 5.11 Å². The number of aliphatic hydroxyl groups is 1. The molecule has 1 heterocycles. The van der Waals surface area contributed by atoms with Crippen molar-refractivity contribution in [3.63, 3.8) is 0 Å². The molecule has 2 heteroatoms. The molecule has 76 valence electrons. The summed E-state index contributed by atoms with van der Waals surface area (Å²) >= 11 is 0. The second-order valence-electron chi connectivity index (χ2n) is 4.70. The molecule has 0 amide bonds. The Balaban J connectivity index is 2.55. The average molecular weight is 183 g/mol. The minimum absolute atomic E-state index is 0.206. The molecule has 0 aromatic carbocycles. The lowest BCUT2D eigenvalue weighted by molar-refractivity contribution is 0.201. The summed E-state index contributed by atoms with van der Waals surface area (Å²) in [7, 11) is 0. The lowest BCUT2D eigenvalue weighted by Crippen LogP contribution is -2.33. The topological polar surface area (TPSA) is 23.5 Å². The van der Waals surface area contributed by atoms with Gasteiger partial charge in [-0.2, -0.15) is 0 Å². The van der Waals surface area contributed by atoms with Gasteiger partial charge in [-0.05, 0) is 18.3 Å². The Kier molecular flexibility index (Phi) is 3.37. The van der Waals surface area contributed by atoms with Crippen LogP contribution in [0.4, 0.5) is 0 Å². The first-order valence-electron chi connectivity index (χ1n) is 5.12. The van der Waals surface area contributed by atoms with E-state index in [1.165, 1.54) is 0 Å². The van der Waals surface area contributed by atoms with Crippen molar-refractivity contribution < 1.29 is 5.11 Å². The molecule has 1 aliphatic rings. The standard InChI is InChI=1S/C11H21NO/c1-8(2)6-12-7-9(3)5-11(12)10(4)13/h8-9,11,13H,4-7H2,1-3H3. The second kappa shape index (κ2) is 4.14. The van der Waals surface area contributed by atoms with Gasteiger partial charge in [0, 0.05) is 13.1 Å². The first kappa shape index (κ1) is 10.6. The molecule has 0 aromatic rings. The van der Waals surface area contributed by atoms with E-state index in [0.29, 0.717) is 17.6 Å². The van der Waals surface area contributed by atoms with Crippen LogP contribution < -0.4 is 0 Å². The molecule has 0 aliphatic carbocycles. The van der Waals surface area contributed by atoms with E-state index in [-0.39, 0.29) is 6.04 Å². The molecule has 1 rings (SSSR count). The van der Waals surface area contributed by atoms with Crippen LogP contribution in [-0.2, 0) is 0 Å². The highest BCUT2D eigenvalue weighted by molar-refractivity contribution is 5.01. The Labute approximate surface area is 81.2 Å². The Morgan fingerprint density at radius 2 is 2.23 bits per heavy atom. The largest absolute Gasteiger partial charge is 0.511 e. The molecule has 1 fully saturated rings. The van der Waals surface area contributed by atoms with Gasteiger partial charge in [0.1, 0.15) is 5.76 Å². The third kappa shape index (κ3) is 2.73. The highest BCUT2D eigenvalue weighted by Crippen LogP contribution is 2.26. The Morgan fingerprint density at radius 3 is 2.69 bits per heavy atom. The molecule has 1 N–H and O–H groups in total. The van der Waals surface area contributed by atoms with E-state index in [2.05, 4.69) is 32.3 Å². The van der Waals surface area contributed by atoms with Crippen LogP contribution in [0.15, 0.2) is 12.3 Å². The molecule has 0 radical (unpaired) electrons. The zero-order valence-corrected chi connectivity index (χ0v) is 8.95. The van der Waals surface area contributed by atoms with Crippen molar-refractivity contribution >= 4 is 0 Å². The Hall–Kier alpha value is -0.500. The van der Waals surface area contributed by atoms with Crippen molar-refractivity contribution in [2.45, 2.75) is 33.2 Å². The molecule has 2 nitrogen and oxygen atoms in total. The van der Waals surface area contributed by atoms with Gasteiger partial charge in [-0.3, -0.25) is 4.90 Å². The first-order chi connectivity index (χ1) is 6.00. The maximum atomic E-state index is 9.42. The van der Waals surface area contributed by atoms with Crippen molar-refractivity contribution in [2.24, 2.45) is 11.8 Å². The molecule has 2 atom stereocenters. The molecule has 0 bridgehead atoms. The number of likely N-dealkylation sites (tertiary alicyclic amines) is 1. The van der Waals surface area contributed by atoms with E-state index in [0.717, 1.165) is 19.5 Å². The average Bonchev–Trinajstić information content (AvgIpc) is 2.29. The van der Waals surface area contributed by atoms with E-state index in [9.17, 15) is 5.11 Å². The fraction of sp³-hybridized carbons (Fsp3) is 0.818. The predicted molar refractivity (Wildman–Crippen MR) is 55.7 cm³/mol. The van der Waals surface area contributed by atoms with Crippen molar-refractivity contribution in [1.82, 2.24) is 4.90 Å². The fourth-order valence-electron chi connectivity index (χ4n) is 2.15. The zero-order valence-electron chi connectivity index (χ0n) is 8.95. The third-order valence-electron chi connectivity index (χ3n) is 2.60. The van der Waals surface area contributed by atoms with Gasteiger partial charge in [0.05, 0.1) is 6.04 Å². The molecule has 0 aromatic heterocycles. The maximum absolute atomic E-state index is 9.42. The highest BCUT2D eigenvalue weighted by Gasteiger charge is 2.31. The van der Waals surface area contributed by atoms with Crippen LogP contribution in [0.25, 0.3) is 0 Å². The predicted octanol–water partition coefficient (Wildman–Crippen LogP) is 2.42. The second-order valence-corrected chi connectivity index (χ2v) is 4.70. The Bertz CT molecular complexity index is 189. The number of nitrogens with zero attached hydrogens (tertiary/aromatic N) is 1. The van der Waals surface area contributed by atoms with Crippen molar-refractivity contribution in [1.29, 1.82) is 0 Å². The van der Waals surface area contributed by atoms with Crippen LogP contribution in [-0.4, -0.2) is 29.1 Å². The van der Waals surface area contributed by atoms with Crippen LogP contribution in [0.5, 0.6) is 0 Å². The van der Waals surface area contributed by atoms with Gasteiger partial charge in [-0.15, -0.1) is 0 Å². The Morgan fingerprint density at radius 1 is 1.62 bits per heavy atom. The van der Waals surface area contributed by atoms with E-state index in [4.69, 9.17) is 0 Å². The zero-order chi connectivity index (χ0) is 10.0. The van der Waals surface area contributed by atoms with Crippen LogP contribution >= 0.6 is 0 Å². The van der Waals surface area contributed by atoms with Gasteiger partial charge >= 0.3 is 0 Å². The quantitative estimate of drug-likeness (QED) is 0.679. The summed E-state index contributed by atoms with van der Waals surface area (Å²) in [6, 6.07) is 0.206. The van der Waals surface area contributed by atoms with Gasteiger partial charge in [-0.1, -0.05) is 27.4 Å². The summed E-state index contributed by atoms with van der Waals surface area (Å²) < 4.78 is 0. The number of aliphatic hydroxyl groups excluding tert-OH is 1. The summed E-state index contributed by atoms with van der Waals surface area (Å²) in [5, 5.41) is 9.42. The monoisotopic (exact) mass is 183 g/mol. The lowest BCUT2D eigenvalue weighted by Gasteiger charge is -2.25. The van der Waals surface area contributed by atoms with Gasteiger partial charge in [0.2, 0.25) is 0 Å². The molecule has 13 heavy (non-hydrogen) atoms. The summed E-state index contributed by atoms with van der Waals surface area (Å²) in [5.74, 6) is 1.69. The fourth-order valence-corrected chi connectivity index (χ4v) is 2.15. The smallest absolute Gasteiger partial charge is 0.102 e. The van der Waals surface area contributed by atoms with E-state index >= 15 is 0 Å². The molecule has 0 spiro atoms. The molecular formula is C11H21NO. The highest BCUT2D eigenvalue weighted by atomic mass is 16.3. The minimum Gasteiger partial charge on any atom is -0.511 e. The van der Waals surface area contributed by atoms with Crippen LogP contribution in [0.2, 0.25) is 0 Å². The number of hydrogen-bond donors (Lipinski definition) is 1. The number of rotatable bonds is 3. The SMILES string of the molecule is C=C(O)C1CC(C)CN1CC(C)C. The molecular weight excluding hydrogens is 162 g/mol. The van der Waals surface area contributed by atoms with Gasteiger partial charge in [0.15, 0.2) is 0 Å². The molecule has 2 unspecified atom stereocenters. The van der Waals surface area contributed by atoms with Crippen LogP contribution in [0.3, 0.4) is 0 Å². The molecule has 1 aliphatic heterocycles. The van der Waals surface area contributed by atoms with Gasteiger partial charge in [0.25, 0.3) is 0 Å².